The molecule has 7 rings (SSSR count). The SMILES string of the molecule is CC(C)(C)c1c(C(C)(C)C)c2c3c(C(C)(C)C)cccc3c3c4cccc5c6ccccc6c(c(c1C(C)(C)C)c23)c54. The van der Waals surface area contributed by atoms with Crippen LogP contribution in [0.1, 0.15) is 105 Å². The van der Waals surface area contributed by atoms with Gasteiger partial charge < -0.3 is 0 Å². The minimum atomic E-state index is -0.0449. The van der Waals surface area contributed by atoms with Crippen LogP contribution in [0.2, 0.25) is 0 Å². The highest BCUT2D eigenvalue weighted by molar-refractivity contribution is 6.48. The van der Waals surface area contributed by atoms with Crippen molar-refractivity contribution in [3.63, 3.8) is 0 Å². The predicted molar refractivity (Wildman–Crippen MR) is 189 cm³/mol. The van der Waals surface area contributed by atoms with Gasteiger partial charge in [-0.1, -0.05) is 144 Å². The molecule has 0 spiro atoms. The van der Waals surface area contributed by atoms with E-state index in [4.69, 9.17) is 0 Å². The van der Waals surface area contributed by atoms with Gasteiger partial charge in [-0.3, -0.25) is 0 Å². The van der Waals surface area contributed by atoms with Crippen molar-refractivity contribution in [2.75, 3.05) is 0 Å². The lowest BCUT2D eigenvalue weighted by Crippen LogP contribution is -2.29. The van der Waals surface area contributed by atoms with Gasteiger partial charge >= 0.3 is 0 Å². The molecule has 214 valence electrons. The van der Waals surface area contributed by atoms with Gasteiger partial charge in [0, 0.05) is 0 Å². The van der Waals surface area contributed by atoms with Crippen LogP contribution in [-0.2, 0) is 21.7 Å². The Labute approximate surface area is 251 Å². The van der Waals surface area contributed by atoms with Crippen LogP contribution < -0.4 is 0 Å². The standard InChI is InChI=1S/C42H46/c1-39(2,3)28-22-16-21-27-30-26-20-15-19-24-23-17-13-14-18-25(23)32(29(24)26)35-33(30)34(31(27)28)36(40(4,5)6)38(42(10,11)12)37(35)41(7,8)9/h13-22H,1-12H3. The Kier molecular flexibility index (Phi) is 5.33. The average molecular weight is 551 g/mol. The Bertz CT molecular complexity index is 2190. The van der Waals surface area contributed by atoms with Crippen molar-refractivity contribution < 1.29 is 0 Å². The van der Waals surface area contributed by atoms with Crippen LogP contribution in [0, 0.1) is 0 Å². The minimum Gasteiger partial charge on any atom is -0.0616 e. The van der Waals surface area contributed by atoms with E-state index in [1.165, 1.54) is 81.3 Å². The lowest BCUT2D eigenvalue weighted by Gasteiger charge is -2.39. The molecule has 0 bridgehead atoms. The van der Waals surface area contributed by atoms with Crippen LogP contribution >= 0.6 is 0 Å². The molecule has 7 aromatic carbocycles. The number of rotatable bonds is 0. The molecule has 42 heavy (non-hydrogen) atoms. The van der Waals surface area contributed by atoms with E-state index in [1.807, 2.05) is 0 Å². The highest BCUT2D eigenvalue weighted by Gasteiger charge is 2.39. The van der Waals surface area contributed by atoms with Gasteiger partial charge in [0.05, 0.1) is 0 Å². The van der Waals surface area contributed by atoms with E-state index in [1.54, 1.807) is 5.56 Å². The quantitative estimate of drug-likeness (QED) is 0.165. The highest BCUT2D eigenvalue weighted by atomic mass is 14.4. The van der Waals surface area contributed by atoms with E-state index in [0.29, 0.717) is 0 Å². The third-order valence-electron chi connectivity index (χ3n) is 9.71. The molecule has 0 aromatic heterocycles. The first-order valence-electron chi connectivity index (χ1n) is 15.8. The van der Waals surface area contributed by atoms with Gasteiger partial charge in [-0.2, -0.15) is 0 Å². The molecule has 0 fully saturated rings. The van der Waals surface area contributed by atoms with Crippen molar-refractivity contribution in [1.29, 1.82) is 0 Å². The molecule has 0 heterocycles. The smallest absolute Gasteiger partial charge is 0.000737 e. The molecule has 0 nitrogen and oxygen atoms in total. The summed E-state index contributed by atoms with van der Waals surface area (Å²) in [6, 6.07) is 23.3. The van der Waals surface area contributed by atoms with Gasteiger partial charge in [-0.15, -0.1) is 0 Å². The molecular weight excluding hydrogens is 504 g/mol. The summed E-state index contributed by atoms with van der Waals surface area (Å²) < 4.78 is 0. The van der Waals surface area contributed by atoms with Crippen LogP contribution in [0.5, 0.6) is 0 Å². The van der Waals surface area contributed by atoms with Gasteiger partial charge in [-0.05, 0) is 109 Å². The van der Waals surface area contributed by atoms with Crippen LogP contribution in [0.15, 0.2) is 60.7 Å². The van der Waals surface area contributed by atoms with Gasteiger partial charge in [0.15, 0.2) is 0 Å². The third kappa shape index (κ3) is 3.48. The molecule has 0 amide bonds. The number of hydrogen-bond donors (Lipinski definition) is 0. The molecule has 0 aliphatic heterocycles. The van der Waals surface area contributed by atoms with Gasteiger partial charge in [0.2, 0.25) is 0 Å². The zero-order valence-electron chi connectivity index (χ0n) is 27.8. The summed E-state index contributed by atoms with van der Waals surface area (Å²) in [5.41, 5.74) is 5.98. The van der Waals surface area contributed by atoms with Crippen molar-refractivity contribution in [3.8, 4) is 0 Å². The molecule has 0 heteroatoms. The van der Waals surface area contributed by atoms with Crippen molar-refractivity contribution >= 4 is 64.6 Å². The van der Waals surface area contributed by atoms with Crippen molar-refractivity contribution in [1.82, 2.24) is 0 Å². The fourth-order valence-corrected chi connectivity index (χ4v) is 8.40. The summed E-state index contributed by atoms with van der Waals surface area (Å²) >= 11 is 0. The third-order valence-corrected chi connectivity index (χ3v) is 9.71. The van der Waals surface area contributed by atoms with E-state index in [9.17, 15) is 0 Å². The zero-order valence-corrected chi connectivity index (χ0v) is 27.8. The maximum atomic E-state index is 2.44. The molecule has 0 aliphatic rings. The summed E-state index contributed by atoms with van der Waals surface area (Å²) in [6.45, 7) is 29.1. The number of fused-ring (bicyclic) bond motifs is 8. The van der Waals surface area contributed by atoms with Crippen LogP contribution in [0.4, 0.5) is 0 Å². The van der Waals surface area contributed by atoms with E-state index in [0.717, 1.165) is 0 Å². The van der Waals surface area contributed by atoms with Gasteiger partial charge in [-0.25, -0.2) is 0 Å². The Hall–Kier alpha value is -3.38. The summed E-state index contributed by atoms with van der Waals surface area (Å²) in [5.74, 6) is 0. The van der Waals surface area contributed by atoms with Crippen LogP contribution in [0.25, 0.3) is 64.6 Å². The number of benzene rings is 5. The van der Waals surface area contributed by atoms with Gasteiger partial charge in [0.25, 0.3) is 0 Å². The summed E-state index contributed by atoms with van der Waals surface area (Å²) in [7, 11) is 0. The van der Waals surface area contributed by atoms with Crippen molar-refractivity contribution in [2.45, 2.75) is 105 Å². The zero-order chi connectivity index (χ0) is 30.3. The van der Waals surface area contributed by atoms with Crippen LogP contribution in [-0.4, -0.2) is 0 Å². The van der Waals surface area contributed by atoms with Crippen molar-refractivity contribution in [2.24, 2.45) is 0 Å². The second-order valence-corrected chi connectivity index (χ2v) is 17.0. The van der Waals surface area contributed by atoms with Crippen molar-refractivity contribution in [3.05, 3.63) is 82.9 Å². The fraction of sp³-hybridized carbons (Fsp3) is 0.381. The predicted octanol–water partition coefficient (Wildman–Crippen LogP) is 12.7. The largest absolute Gasteiger partial charge is 0.0616 e. The maximum Gasteiger partial charge on any atom is -0.000737 e. The normalized spacial score (nSPS) is 14.2. The molecular formula is C42H46. The van der Waals surface area contributed by atoms with Gasteiger partial charge in [0.1, 0.15) is 0 Å². The Morgan fingerprint density at radius 1 is 0.286 bits per heavy atom. The second-order valence-electron chi connectivity index (χ2n) is 17.0. The van der Waals surface area contributed by atoms with Crippen LogP contribution in [0.3, 0.4) is 0 Å². The minimum absolute atomic E-state index is 0.0208. The molecule has 0 unspecified atom stereocenters. The highest BCUT2D eigenvalue weighted by Crippen LogP contribution is 2.58. The Morgan fingerprint density at radius 3 is 1.24 bits per heavy atom. The Morgan fingerprint density at radius 2 is 0.690 bits per heavy atom. The molecule has 0 saturated heterocycles. The number of hydrogen-bond acceptors (Lipinski definition) is 0. The first kappa shape index (κ1) is 27.5. The van der Waals surface area contributed by atoms with E-state index in [2.05, 4.69) is 144 Å². The summed E-state index contributed by atoms with van der Waals surface area (Å²) in [4.78, 5) is 0. The van der Waals surface area contributed by atoms with E-state index < -0.39 is 0 Å². The first-order valence-corrected chi connectivity index (χ1v) is 15.8. The maximum absolute atomic E-state index is 2.44. The molecule has 0 atom stereocenters. The lowest BCUT2D eigenvalue weighted by atomic mass is 9.65. The fourth-order valence-electron chi connectivity index (χ4n) is 8.40. The average Bonchev–Trinajstić information content (AvgIpc) is 3.39. The molecule has 7 aromatic rings. The Balaban J connectivity index is 2.04. The molecule has 0 aliphatic carbocycles. The first-order chi connectivity index (χ1) is 19.4. The topological polar surface area (TPSA) is 0 Å². The lowest BCUT2D eigenvalue weighted by molar-refractivity contribution is 0.504. The summed E-state index contributed by atoms with van der Waals surface area (Å²) in [6.07, 6.45) is 0. The van der Waals surface area contributed by atoms with E-state index >= 15 is 0 Å². The molecule has 0 saturated carbocycles. The molecule has 0 radical (unpaired) electrons. The monoisotopic (exact) mass is 550 g/mol. The second kappa shape index (κ2) is 8.16. The summed E-state index contributed by atoms with van der Waals surface area (Å²) in [5, 5.41) is 17.3. The van der Waals surface area contributed by atoms with E-state index in [-0.39, 0.29) is 21.7 Å². The molecule has 0 N–H and O–H groups in total.